The lowest BCUT2D eigenvalue weighted by Crippen LogP contribution is -2.19. The van der Waals surface area contributed by atoms with E-state index in [-0.39, 0.29) is 17.0 Å². The maximum Gasteiger partial charge on any atom is 0.231 e. The van der Waals surface area contributed by atoms with Crippen molar-refractivity contribution in [3.63, 3.8) is 0 Å². The first kappa shape index (κ1) is 14.8. The lowest BCUT2D eigenvalue weighted by atomic mass is 10.0. The standard InChI is InChI=1S/C15H14Cl2N2O/c1-9-8-12(16)18-14(17)13(9)19-15(20)10(2)11-6-4-3-5-7-11/h3-8,10H,1-2H3,(H,19,20). The topological polar surface area (TPSA) is 42.0 Å². The van der Waals surface area contributed by atoms with Gasteiger partial charge in [-0.3, -0.25) is 4.79 Å². The molecule has 2 rings (SSSR count). The monoisotopic (exact) mass is 308 g/mol. The third kappa shape index (κ3) is 3.30. The van der Waals surface area contributed by atoms with E-state index < -0.39 is 0 Å². The molecule has 1 heterocycles. The second-order valence-electron chi connectivity index (χ2n) is 4.55. The smallest absolute Gasteiger partial charge is 0.231 e. The molecule has 1 atom stereocenters. The minimum atomic E-state index is -0.276. The van der Waals surface area contributed by atoms with Crippen molar-refractivity contribution in [3.8, 4) is 0 Å². The van der Waals surface area contributed by atoms with Crippen LogP contribution in [-0.2, 0) is 4.79 Å². The number of carbonyl (C=O) groups excluding carboxylic acids is 1. The van der Waals surface area contributed by atoms with Gasteiger partial charge in [0.05, 0.1) is 11.6 Å². The van der Waals surface area contributed by atoms with Crippen molar-refractivity contribution in [1.82, 2.24) is 4.98 Å². The molecule has 0 radical (unpaired) electrons. The number of aryl methyl sites for hydroxylation is 1. The van der Waals surface area contributed by atoms with Crippen molar-refractivity contribution in [2.45, 2.75) is 19.8 Å². The maximum atomic E-state index is 12.3. The normalized spacial score (nSPS) is 12.0. The molecular weight excluding hydrogens is 295 g/mol. The molecular formula is C15H14Cl2N2O. The zero-order valence-electron chi connectivity index (χ0n) is 11.2. The van der Waals surface area contributed by atoms with E-state index in [1.807, 2.05) is 44.2 Å². The number of aromatic nitrogens is 1. The van der Waals surface area contributed by atoms with Crippen molar-refractivity contribution in [3.05, 3.63) is 57.8 Å². The van der Waals surface area contributed by atoms with Gasteiger partial charge >= 0.3 is 0 Å². The summed E-state index contributed by atoms with van der Waals surface area (Å²) in [7, 11) is 0. The first-order chi connectivity index (χ1) is 9.49. The Hall–Kier alpha value is -1.58. The number of amides is 1. The molecule has 0 spiro atoms. The predicted octanol–water partition coefficient (Wildman–Crippen LogP) is 4.44. The molecule has 0 fully saturated rings. The van der Waals surface area contributed by atoms with E-state index in [0.717, 1.165) is 11.1 Å². The zero-order valence-corrected chi connectivity index (χ0v) is 12.7. The fourth-order valence-corrected chi connectivity index (χ4v) is 2.45. The van der Waals surface area contributed by atoms with Crippen LogP contribution in [0.15, 0.2) is 36.4 Å². The molecule has 1 aromatic carbocycles. The number of anilines is 1. The molecule has 0 saturated heterocycles. The molecule has 1 aromatic heterocycles. The van der Waals surface area contributed by atoms with Gasteiger partial charge in [0.25, 0.3) is 0 Å². The number of carbonyl (C=O) groups is 1. The Kier molecular flexibility index (Phi) is 4.63. The summed E-state index contributed by atoms with van der Waals surface area (Å²) in [4.78, 5) is 16.2. The van der Waals surface area contributed by atoms with Gasteiger partial charge in [0, 0.05) is 0 Å². The molecule has 1 amide bonds. The highest BCUT2D eigenvalue weighted by molar-refractivity contribution is 6.34. The predicted molar refractivity (Wildman–Crippen MR) is 82.5 cm³/mol. The van der Waals surface area contributed by atoms with Gasteiger partial charge in [-0.05, 0) is 31.0 Å². The largest absolute Gasteiger partial charge is 0.323 e. The van der Waals surface area contributed by atoms with E-state index in [1.54, 1.807) is 6.07 Å². The highest BCUT2D eigenvalue weighted by Gasteiger charge is 2.18. The molecule has 5 heteroatoms. The van der Waals surface area contributed by atoms with E-state index in [2.05, 4.69) is 10.3 Å². The Morgan fingerprint density at radius 1 is 1.25 bits per heavy atom. The quantitative estimate of drug-likeness (QED) is 0.852. The number of halogens is 2. The van der Waals surface area contributed by atoms with Crippen molar-refractivity contribution >= 4 is 34.8 Å². The Morgan fingerprint density at radius 2 is 1.90 bits per heavy atom. The minimum Gasteiger partial charge on any atom is -0.323 e. The molecule has 3 nitrogen and oxygen atoms in total. The molecule has 1 N–H and O–H groups in total. The van der Waals surface area contributed by atoms with Crippen LogP contribution >= 0.6 is 23.2 Å². The van der Waals surface area contributed by atoms with Crippen LogP contribution < -0.4 is 5.32 Å². The third-order valence-electron chi connectivity index (χ3n) is 3.08. The molecule has 2 aromatic rings. The van der Waals surface area contributed by atoms with Crippen LogP contribution in [0.3, 0.4) is 0 Å². The lowest BCUT2D eigenvalue weighted by Gasteiger charge is -2.15. The van der Waals surface area contributed by atoms with Gasteiger partial charge in [-0.15, -0.1) is 0 Å². The summed E-state index contributed by atoms with van der Waals surface area (Å²) in [5.74, 6) is -0.410. The van der Waals surface area contributed by atoms with Gasteiger partial charge in [-0.2, -0.15) is 0 Å². The highest BCUT2D eigenvalue weighted by atomic mass is 35.5. The summed E-state index contributed by atoms with van der Waals surface area (Å²) in [6.07, 6.45) is 0. The summed E-state index contributed by atoms with van der Waals surface area (Å²) in [6, 6.07) is 11.2. The Labute approximate surface area is 127 Å². The number of pyridine rings is 1. The summed E-state index contributed by atoms with van der Waals surface area (Å²) >= 11 is 11.8. The van der Waals surface area contributed by atoms with Crippen LogP contribution in [0.25, 0.3) is 0 Å². The third-order valence-corrected chi connectivity index (χ3v) is 3.55. The summed E-state index contributed by atoms with van der Waals surface area (Å²) in [6.45, 7) is 3.67. The fourth-order valence-electron chi connectivity index (χ4n) is 1.87. The summed E-state index contributed by atoms with van der Waals surface area (Å²) < 4.78 is 0. The van der Waals surface area contributed by atoms with Gasteiger partial charge in [-0.1, -0.05) is 53.5 Å². The van der Waals surface area contributed by atoms with Crippen LogP contribution in [0.1, 0.15) is 24.0 Å². The van der Waals surface area contributed by atoms with E-state index in [0.29, 0.717) is 10.8 Å². The second kappa shape index (κ2) is 6.25. The number of rotatable bonds is 3. The van der Waals surface area contributed by atoms with Gasteiger partial charge < -0.3 is 5.32 Å². The summed E-state index contributed by atoms with van der Waals surface area (Å²) in [5.41, 5.74) is 2.23. The van der Waals surface area contributed by atoms with Gasteiger partial charge in [0.2, 0.25) is 5.91 Å². The fraction of sp³-hybridized carbons (Fsp3) is 0.200. The first-order valence-electron chi connectivity index (χ1n) is 6.17. The van der Waals surface area contributed by atoms with Crippen LogP contribution in [0, 0.1) is 6.92 Å². The van der Waals surface area contributed by atoms with Crippen LogP contribution in [-0.4, -0.2) is 10.9 Å². The average Bonchev–Trinajstić information content (AvgIpc) is 2.42. The van der Waals surface area contributed by atoms with Gasteiger partial charge in [-0.25, -0.2) is 4.98 Å². The number of nitrogens with one attached hydrogen (secondary N) is 1. The maximum absolute atomic E-state index is 12.3. The first-order valence-corrected chi connectivity index (χ1v) is 6.93. The zero-order chi connectivity index (χ0) is 14.7. The Morgan fingerprint density at radius 3 is 2.50 bits per heavy atom. The molecule has 104 valence electrons. The molecule has 1 unspecified atom stereocenters. The molecule has 0 bridgehead atoms. The van der Waals surface area contributed by atoms with Crippen molar-refractivity contribution < 1.29 is 4.79 Å². The Bertz CT molecular complexity index is 606. The van der Waals surface area contributed by atoms with Gasteiger partial charge in [0.1, 0.15) is 5.15 Å². The SMILES string of the molecule is Cc1cc(Cl)nc(Cl)c1NC(=O)C(C)c1ccccc1. The van der Waals surface area contributed by atoms with Crippen molar-refractivity contribution in [2.24, 2.45) is 0 Å². The highest BCUT2D eigenvalue weighted by Crippen LogP contribution is 2.27. The van der Waals surface area contributed by atoms with Gasteiger partial charge in [0.15, 0.2) is 5.15 Å². The van der Waals surface area contributed by atoms with E-state index in [9.17, 15) is 4.79 Å². The van der Waals surface area contributed by atoms with E-state index in [4.69, 9.17) is 23.2 Å². The molecule has 0 aliphatic heterocycles. The van der Waals surface area contributed by atoms with Crippen LogP contribution in [0.4, 0.5) is 5.69 Å². The number of hydrogen-bond acceptors (Lipinski definition) is 2. The molecule has 20 heavy (non-hydrogen) atoms. The Balaban J connectivity index is 2.20. The number of nitrogens with zero attached hydrogens (tertiary/aromatic N) is 1. The molecule has 0 saturated carbocycles. The average molecular weight is 309 g/mol. The number of hydrogen-bond donors (Lipinski definition) is 1. The lowest BCUT2D eigenvalue weighted by molar-refractivity contribution is -0.117. The van der Waals surface area contributed by atoms with E-state index in [1.165, 1.54) is 0 Å². The summed E-state index contributed by atoms with van der Waals surface area (Å²) in [5, 5.41) is 3.32. The van der Waals surface area contributed by atoms with Crippen LogP contribution in [0.5, 0.6) is 0 Å². The van der Waals surface area contributed by atoms with Crippen molar-refractivity contribution in [1.29, 1.82) is 0 Å². The molecule has 0 aliphatic rings. The van der Waals surface area contributed by atoms with E-state index >= 15 is 0 Å². The van der Waals surface area contributed by atoms with Crippen molar-refractivity contribution in [2.75, 3.05) is 5.32 Å². The minimum absolute atomic E-state index is 0.134. The van der Waals surface area contributed by atoms with Crippen LogP contribution in [0.2, 0.25) is 10.3 Å². The second-order valence-corrected chi connectivity index (χ2v) is 5.29. The number of benzene rings is 1. The molecule has 0 aliphatic carbocycles.